The number of carbonyl (C=O) groups is 3. The van der Waals surface area contributed by atoms with E-state index in [9.17, 15) is 14.4 Å². The number of hydrogen-bond donors (Lipinski definition) is 0. The predicted octanol–water partition coefficient (Wildman–Crippen LogP) is 18.1. The molecule has 0 spiro atoms. The topological polar surface area (TPSA) is 78.9 Å². The van der Waals surface area contributed by atoms with Gasteiger partial charge < -0.3 is 14.2 Å². The van der Waals surface area contributed by atoms with E-state index in [0.717, 1.165) is 77.0 Å². The van der Waals surface area contributed by atoms with Gasteiger partial charge in [0.2, 0.25) is 0 Å². The Balaban J connectivity index is 4.36. The lowest BCUT2D eigenvalue weighted by molar-refractivity contribution is -0.167. The molecule has 0 saturated carbocycles. The second kappa shape index (κ2) is 52.3. The summed E-state index contributed by atoms with van der Waals surface area (Å²) in [5.41, 5.74) is 0. The summed E-state index contributed by atoms with van der Waals surface area (Å²) in [6, 6.07) is 0. The molecule has 0 aliphatic rings. The zero-order valence-corrected chi connectivity index (χ0v) is 42.1. The highest BCUT2D eigenvalue weighted by Gasteiger charge is 2.19. The van der Waals surface area contributed by atoms with Gasteiger partial charge in [-0.05, 0) is 77.0 Å². The van der Waals surface area contributed by atoms with Crippen molar-refractivity contribution in [2.24, 2.45) is 0 Å². The molecule has 368 valence electrons. The van der Waals surface area contributed by atoms with Crippen LogP contribution in [0.5, 0.6) is 0 Å². The third-order valence-electron chi connectivity index (χ3n) is 12.1. The van der Waals surface area contributed by atoms with Crippen molar-refractivity contribution in [3.63, 3.8) is 0 Å². The Labute approximate surface area is 391 Å². The van der Waals surface area contributed by atoms with Crippen LogP contribution >= 0.6 is 0 Å². The van der Waals surface area contributed by atoms with Crippen LogP contribution in [0.15, 0.2) is 36.5 Å². The summed E-state index contributed by atoms with van der Waals surface area (Å²) in [4.78, 5) is 38.0. The van der Waals surface area contributed by atoms with Crippen molar-refractivity contribution in [2.75, 3.05) is 13.2 Å². The second-order valence-electron chi connectivity index (χ2n) is 18.5. The molecule has 63 heavy (non-hydrogen) atoms. The lowest BCUT2D eigenvalue weighted by Crippen LogP contribution is -2.30. The van der Waals surface area contributed by atoms with Crippen molar-refractivity contribution in [1.29, 1.82) is 0 Å². The molecular formula is C57H104O6. The molecule has 0 amide bonds. The standard InChI is InChI=1S/C57H104O6/c1-4-7-10-13-16-19-22-25-27-28-30-33-35-38-41-44-47-50-56(59)62-53-54(63-57(60)51-48-45-42-39-36-31-24-21-18-15-12-9-6-3)52-61-55(58)49-46-43-40-37-34-32-29-26-23-20-17-14-11-8-5-2/h17,20,25-27,29,54H,4-16,18-19,21-24,28,30-53H2,1-3H3/b20-17-,27-25-,29-26-/t54-/m1/s1. The Bertz CT molecular complexity index is 1060. The Morgan fingerprint density at radius 1 is 0.317 bits per heavy atom. The summed E-state index contributed by atoms with van der Waals surface area (Å²) in [7, 11) is 0. The fourth-order valence-corrected chi connectivity index (χ4v) is 7.94. The van der Waals surface area contributed by atoms with E-state index in [1.54, 1.807) is 0 Å². The number of ether oxygens (including phenoxy) is 3. The molecule has 6 heteroatoms. The van der Waals surface area contributed by atoms with Gasteiger partial charge in [-0.15, -0.1) is 0 Å². The fourth-order valence-electron chi connectivity index (χ4n) is 7.94. The molecule has 1 atom stereocenters. The van der Waals surface area contributed by atoms with Crippen molar-refractivity contribution >= 4 is 17.9 Å². The van der Waals surface area contributed by atoms with Crippen molar-refractivity contribution in [2.45, 2.75) is 297 Å². The summed E-state index contributed by atoms with van der Waals surface area (Å²) in [6.07, 6.45) is 61.2. The maximum atomic E-state index is 12.8. The first-order valence-electron chi connectivity index (χ1n) is 27.5. The van der Waals surface area contributed by atoms with Gasteiger partial charge in [0.15, 0.2) is 6.10 Å². The molecule has 0 unspecified atom stereocenters. The highest BCUT2D eigenvalue weighted by molar-refractivity contribution is 5.71. The molecule has 0 N–H and O–H groups in total. The summed E-state index contributed by atoms with van der Waals surface area (Å²) in [5, 5.41) is 0. The zero-order valence-electron chi connectivity index (χ0n) is 42.1. The molecule has 0 fully saturated rings. The van der Waals surface area contributed by atoms with Crippen LogP contribution in [0.1, 0.15) is 290 Å². The van der Waals surface area contributed by atoms with Crippen molar-refractivity contribution in [1.82, 2.24) is 0 Å². The first-order chi connectivity index (χ1) is 31.0. The average molecular weight is 885 g/mol. The third kappa shape index (κ3) is 50.5. The van der Waals surface area contributed by atoms with E-state index in [4.69, 9.17) is 14.2 Å². The van der Waals surface area contributed by atoms with Gasteiger partial charge >= 0.3 is 17.9 Å². The summed E-state index contributed by atoms with van der Waals surface area (Å²) in [5.74, 6) is -0.880. The van der Waals surface area contributed by atoms with Crippen LogP contribution in [0, 0.1) is 0 Å². The van der Waals surface area contributed by atoms with E-state index in [-0.39, 0.29) is 31.1 Å². The molecule has 0 aliphatic heterocycles. The highest BCUT2D eigenvalue weighted by Crippen LogP contribution is 2.16. The van der Waals surface area contributed by atoms with Crippen molar-refractivity contribution in [3.05, 3.63) is 36.5 Å². The minimum atomic E-state index is -0.776. The number of esters is 3. The summed E-state index contributed by atoms with van der Waals surface area (Å²) < 4.78 is 16.8. The lowest BCUT2D eigenvalue weighted by atomic mass is 10.0. The van der Waals surface area contributed by atoms with Gasteiger partial charge in [0.25, 0.3) is 0 Å². The van der Waals surface area contributed by atoms with E-state index in [1.807, 2.05) is 0 Å². The van der Waals surface area contributed by atoms with Crippen LogP contribution in [0.3, 0.4) is 0 Å². The van der Waals surface area contributed by atoms with Crippen LogP contribution in [-0.2, 0) is 28.6 Å². The number of allylic oxidation sites excluding steroid dienone is 6. The molecular weight excluding hydrogens is 781 g/mol. The van der Waals surface area contributed by atoms with E-state index in [0.29, 0.717) is 19.3 Å². The maximum absolute atomic E-state index is 12.8. The molecule has 0 rings (SSSR count). The van der Waals surface area contributed by atoms with Gasteiger partial charge in [-0.3, -0.25) is 14.4 Å². The van der Waals surface area contributed by atoms with Crippen LogP contribution < -0.4 is 0 Å². The Hall–Kier alpha value is -2.37. The molecule has 0 heterocycles. The Kier molecular flexibility index (Phi) is 50.3. The number of rotatable bonds is 50. The molecule has 6 nitrogen and oxygen atoms in total. The largest absolute Gasteiger partial charge is 0.462 e. The van der Waals surface area contributed by atoms with Crippen LogP contribution in [-0.4, -0.2) is 37.2 Å². The van der Waals surface area contributed by atoms with Crippen LogP contribution in [0.2, 0.25) is 0 Å². The molecule has 0 aromatic heterocycles. The van der Waals surface area contributed by atoms with Crippen LogP contribution in [0.25, 0.3) is 0 Å². The molecule has 0 aromatic rings. The highest BCUT2D eigenvalue weighted by atomic mass is 16.6. The first kappa shape index (κ1) is 60.6. The van der Waals surface area contributed by atoms with E-state index < -0.39 is 6.10 Å². The SMILES string of the molecule is CCCCC/C=C\C/C=C\CCCCCCCC(=O)OC[C@H](COC(=O)CCCCCCCCC/C=C\CCCCCCCC)OC(=O)CCCCCCCCCCCCCCC. The Morgan fingerprint density at radius 2 is 0.571 bits per heavy atom. The summed E-state index contributed by atoms with van der Waals surface area (Å²) >= 11 is 0. The zero-order chi connectivity index (χ0) is 45.8. The quantitative estimate of drug-likeness (QED) is 0.0262. The van der Waals surface area contributed by atoms with Gasteiger partial charge in [-0.2, -0.15) is 0 Å². The molecule has 0 aromatic carbocycles. The van der Waals surface area contributed by atoms with E-state index in [1.165, 1.54) is 173 Å². The van der Waals surface area contributed by atoms with Gasteiger partial charge in [0, 0.05) is 19.3 Å². The second-order valence-corrected chi connectivity index (χ2v) is 18.5. The van der Waals surface area contributed by atoms with Gasteiger partial charge in [0.1, 0.15) is 13.2 Å². The minimum Gasteiger partial charge on any atom is -0.462 e. The number of hydrogen-bond acceptors (Lipinski definition) is 6. The van der Waals surface area contributed by atoms with Crippen molar-refractivity contribution < 1.29 is 28.6 Å². The summed E-state index contributed by atoms with van der Waals surface area (Å²) in [6.45, 7) is 6.62. The van der Waals surface area contributed by atoms with Crippen molar-refractivity contribution in [3.8, 4) is 0 Å². The maximum Gasteiger partial charge on any atom is 0.306 e. The minimum absolute atomic E-state index is 0.0758. The molecule has 0 bridgehead atoms. The van der Waals surface area contributed by atoms with Gasteiger partial charge in [-0.1, -0.05) is 231 Å². The smallest absolute Gasteiger partial charge is 0.306 e. The van der Waals surface area contributed by atoms with Gasteiger partial charge in [0.05, 0.1) is 0 Å². The average Bonchev–Trinajstić information content (AvgIpc) is 3.28. The molecule has 0 radical (unpaired) electrons. The monoisotopic (exact) mass is 885 g/mol. The molecule has 0 saturated heterocycles. The number of unbranched alkanes of at least 4 members (excludes halogenated alkanes) is 33. The molecule has 0 aliphatic carbocycles. The lowest BCUT2D eigenvalue weighted by Gasteiger charge is -2.18. The van der Waals surface area contributed by atoms with Crippen LogP contribution in [0.4, 0.5) is 0 Å². The Morgan fingerprint density at radius 3 is 0.921 bits per heavy atom. The fraction of sp³-hybridized carbons (Fsp3) is 0.842. The third-order valence-corrected chi connectivity index (χ3v) is 12.1. The predicted molar refractivity (Wildman–Crippen MR) is 270 cm³/mol. The van der Waals surface area contributed by atoms with E-state index >= 15 is 0 Å². The number of carbonyl (C=O) groups excluding carboxylic acids is 3. The normalized spacial score (nSPS) is 12.2. The van der Waals surface area contributed by atoms with E-state index in [2.05, 4.69) is 57.2 Å². The first-order valence-corrected chi connectivity index (χ1v) is 27.5. The van der Waals surface area contributed by atoms with Gasteiger partial charge in [-0.25, -0.2) is 0 Å².